The van der Waals surface area contributed by atoms with Crippen LogP contribution in [0.1, 0.15) is 5.56 Å². The van der Waals surface area contributed by atoms with E-state index in [4.69, 9.17) is 5.73 Å². The molecule has 0 saturated heterocycles. The summed E-state index contributed by atoms with van der Waals surface area (Å²) in [4.78, 5) is 10.8. The lowest BCUT2D eigenvalue weighted by Crippen LogP contribution is -2.19. The van der Waals surface area contributed by atoms with E-state index in [1.807, 2.05) is 0 Å². The van der Waals surface area contributed by atoms with Gasteiger partial charge in [0.15, 0.2) is 0 Å². The van der Waals surface area contributed by atoms with Crippen LogP contribution in [0.4, 0.5) is 27.5 Å². The summed E-state index contributed by atoms with van der Waals surface area (Å²) in [5.41, 5.74) is 7.01. The number of amides is 2. The molecule has 2 amide bonds. The number of rotatable bonds is 5. The molecular weight excluding hydrogens is 346 g/mol. The molecule has 25 heavy (non-hydrogen) atoms. The third-order valence-electron chi connectivity index (χ3n) is 3.20. The average molecular weight is 363 g/mol. The molecule has 0 fully saturated rings. The van der Waals surface area contributed by atoms with Crippen molar-refractivity contribution >= 4 is 38.9 Å². The van der Waals surface area contributed by atoms with Crippen LogP contribution in [0, 0.1) is 6.92 Å². The number of hydrogen-bond acceptors (Lipinski definition) is 6. The van der Waals surface area contributed by atoms with Crippen LogP contribution in [-0.4, -0.2) is 26.0 Å². The Kier molecular flexibility index (Phi) is 5.35. The highest BCUT2D eigenvalue weighted by molar-refractivity contribution is 7.86. The predicted octanol–water partition coefficient (Wildman–Crippen LogP) is 3.19. The second-order valence-corrected chi connectivity index (χ2v) is 6.51. The minimum atomic E-state index is -4.45. The summed E-state index contributed by atoms with van der Waals surface area (Å²) in [5, 5.41) is 13.2. The third-order valence-corrected chi connectivity index (χ3v) is 4.08. The molecule has 0 aromatic heterocycles. The third kappa shape index (κ3) is 4.75. The molecule has 0 radical (unpaired) electrons. The quantitative estimate of drug-likeness (QED) is 0.476. The fourth-order valence-corrected chi connectivity index (χ4v) is 2.74. The molecule has 0 atom stereocenters. The van der Waals surface area contributed by atoms with Crippen molar-refractivity contribution in [1.82, 2.24) is 0 Å². The number of carbonyl (C=O) groups excluding carboxylic acids is 1. The number of nitrogens with two attached hydrogens (primary N) is 1. The van der Waals surface area contributed by atoms with Gasteiger partial charge < -0.3 is 16.4 Å². The minimum absolute atomic E-state index is 0.0316. The van der Waals surface area contributed by atoms with E-state index in [0.29, 0.717) is 16.9 Å². The van der Waals surface area contributed by atoms with Crippen LogP contribution in [0.25, 0.3) is 0 Å². The smallest absolute Gasteiger partial charge is 0.316 e. The Balaban J connectivity index is 2.48. The predicted molar refractivity (Wildman–Crippen MR) is 94.4 cm³/mol. The van der Waals surface area contributed by atoms with Crippen molar-refractivity contribution in [3.8, 4) is 0 Å². The molecule has 132 valence electrons. The molecule has 9 nitrogen and oxygen atoms in total. The lowest BCUT2D eigenvalue weighted by molar-refractivity contribution is 0.259. The van der Waals surface area contributed by atoms with E-state index in [1.54, 1.807) is 38.2 Å². The summed E-state index contributed by atoms with van der Waals surface area (Å²) in [6.45, 7) is 1.68. The fraction of sp³-hybridized carbons (Fsp3) is 0.133. The molecule has 5 N–H and O–H groups in total. The van der Waals surface area contributed by atoms with Gasteiger partial charge in [-0.1, -0.05) is 6.07 Å². The number of benzene rings is 2. The number of carbonyl (C=O) groups is 1. The zero-order chi connectivity index (χ0) is 18.6. The van der Waals surface area contributed by atoms with Crippen LogP contribution in [0.2, 0.25) is 0 Å². The molecule has 0 aliphatic carbocycles. The first-order valence-corrected chi connectivity index (χ1v) is 8.53. The lowest BCUT2D eigenvalue weighted by atomic mass is 10.2. The summed E-state index contributed by atoms with van der Waals surface area (Å²) in [5.74, 6) is 0. The van der Waals surface area contributed by atoms with Crippen LogP contribution < -0.4 is 16.4 Å². The molecule has 2 rings (SSSR count). The molecule has 0 heterocycles. The van der Waals surface area contributed by atoms with Crippen molar-refractivity contribution in [1.29, 1.82) is 0 Å². The normalized spacial score (nSPS) is 11.5. The number of primary amides is 1. The molecule has 0 bridgehead atoms. The van der Waals surface area contributed by atoms with E-state index in [-0.39, 0.29) is 16.3 Å². The standard InChI is InChI=1S/C15H17N5O4S/c1-9-3-5-12(14(7-9)25(22,23)24)20-19-11-6-4-10(17-2)8-13(11)18-15(16)21/h3-8,17H,1-2H3,(H3,16,18,21)(H,22,23,24). The molecular formula is C15H17N5O4S. The van der Waals surface area contributed by atoms with Gasteiger partial charge in [0.05, 0.1) is 5.69 Å². The minimum Gasteiger partial charge on any atom is -0.388 e. The highest BCUT2D eigenvalue weighted by Gasteiger charge is 2.16. The van der Waals surface area contributed by atoms with E-state index < -0.39 is 16.1 Å². The molecule has 0 saturated carbocycles. The highest BCUT2D eigenvalue weighted by atomic mass is 32.2. The van der Waals surface area contributed by atoms with E-state index in [0.717, 1.165) is 0 Å². The van der Waals surface area contributed by atoms with Gasteiger partial charge in [-0.2, -0.15) is 8.42 Å². The van der Waals surface area contributed by atoms with Crippen LogP contribution >= 0.6 is 0 Å². The number of anilines is 2. The highest BCUT2D eigenvalue weighted by Crippen LogP contribution is 2.32. The van der Waals surface area contributed by atoms with E-state index in [9.17, 15) is 17.8 Å². The molecule has 2 aromatic carbocycles. The first-order chi connectivity index (χ1) is 11.7. The van der Waals surface area contributed by atoms with Crippen molar-refractivity contribution in [2.45, 2.75) is 11.8 Å². The summed E-state index contributed by atoms with van der Waals surface area (Å²) in [7, 11) is -2.75. The van der Waals surface area contributed by atoms with E-state index in [2.05, 4.69) is 20.9 Å². The number of azo groups is 1. The summed E-state index contributed by atoms with van der Waals surface area (Å²) < 4.78 is 32.3. The van der Waals surface area contributed by atoms with Gasteiger partial charge in [-0.15, -0.1) is 10.2 Å². The van der Waals surface area contributed by atoms with Gasteiger partial charge in [0.2, 0.25) is 0 Å². The average Bonchev–Trinajstić information content (AvgIpc) is 2.53. The second-order valence-electron chi connectivity index (χ2n) is 5.12. The van der Waals surface area contributed by atoms with Crippen molar-refractivity contribution in [3.05, 3.63) is 42.0 Å². The van der Waals surface area contributed by atoms with Gasteiger partial charge in [-0.25, -0.2) is 4.79 Å². The zero-order valence-corrected chi connectivity index (χ0v) is 14.3. The van der Waals surface area contributed by atoms with Crippen LogP contribution in [0.5, 0.6) is 0 Å². The maximum atomic E-state index is 11.5. The molecule has 0 aliphatic heterocycles. The van der Waals surface area contributed by atoms with E-state index in [1.165, 1.54) is 12.1 Å². The van der Waals surface area contributed by atoms with Gasteiger partial charge in [0.25, 0.3) is 10.1 Å². The summed E-state index contributed by atoms with van der Waals surface area (Å²) >= 11 is 0. The number of nitrogens with zero attached hydrogens (tertiary/aromatic N) is 2. The largest absolute Gasteiger partial charge is 0.388 e. The Labute approximate surface area is 144 Å². The molecule has 2 aromatic rings. The van der Waals surface area contributed by atoms with Gasteiger partial charge in [-0.05, 0) is 42.8 Å². The number of nitrogens with one attached hydrogen (secondary N) is 2. The maximum Gasteiger partial charge on any atom is 0.316 e. The van der Waals surface area contributed by atoms with Crippen LogP contribution in [0.15, 0.2) is 51.5 Å². The first-order valence-electron chi connectivity index (χ1n) is 7.09. The van der Waals surface area contributed by atoms with Gasteiger partial charge in [-0.3, -0.25) is 4.55 Å². The van der Waals surface area contributed by atoms with Crippen molar-refractivity contribution < 1.29 is 17.8 Å². The van der Waals surface area contributed by atoms with Gasteiger partial charge in [0.1, 0.15) is 16.3 Å². The zero-order valence-electron chi connectivity index (χ0n) is 13.5. The van der Waals surface area contributed by atoms with Crippen LogP contribution in [0.3, 0.4) is 0 Å². The second kappa shape index (κ2) is 7.28. The Bertz CT molecular complexity index is 941. The fourth-order valence-electron chi connectivity index (χ4n) is 2.03. The van der Waals surface area contributed by atoms with Crippen molar-refractivity contribution in [3.63, 3.8) is 0 Å². The Hall–Kier alpha value is -2.98. The first kappa shape index (κ1) is 18.4. The summed E-state index contributed by atoms with van der Waals surface area (Å²) in [6.07, 6.45) is 0. The molecule has 0 unspecified atom stereocenters. The van der Waals surface area contributed by atoms with Gasteiger partial charge in [0, 0.05) is 12.7 Å². The molecule has 0 spiro atoms. The Morgan fingerprint density at radius 2 is 1.76 bits per heavy atom. The van der Waals surface area contributed by atoms with Crippen molar-refractivity contribution in [2.24, 2.45) is 16.0 Å². The SMILES string of the molecule is CNc1ccc(N=Nc2ccc(C)cc2S(=O)(=O)O)c(NC(N)=O)c1. The number of urea groups is 1. The lowest BCUT2D eigenvalue weighted by Gasteiger charge is -2.08. The van der Waals surface area contributed by atoms with Crippen molar-refractivity contribution in [2.75, 3.05) is 17.7 Å². The number of aryl methyl sites for hydroxylation is 1. The molecule has 0 aliphatic rings. The van der Waals surface area contributed by atoms with E-state index >= 15 is 0 Å². The van der Waals surface area contributed by atoms with Crippen LogP contribution in [-0.2, 0) is 10.1 Å². The number of hydrogen-bond donors (Lipinski definition) is 4. The Morgan fingerprint density at radius 3 is 2.36 bits per heavy atom. The topological polar surface area (TPSA) is 146 Å². The monoisotopic (exact) mass is 363 g/mol. The summed E-state index contributed by atoms with van der Waals surface area (Å²) in [6, 6.07) is 8.43. The van der Waals surface area contributed by atoms with Gasteiger partial charge >= 0.3 is 6.03 Å². The maximum absolute atomic E-state index is 11.5. The molecule has 10 heteroatoms. The Morgan fingerprint density at radius 1 is 1.12 bits per heavy atom.